The summed E-state index contributed by atoms with van der Waals surface area (Å²) in [5.74, 6) is -0.301. The molecule has 2 rings (SSSR count). The fourth-order valence-corrected chi connectivity index (χ4v) is 3.15. The van der Waals surface area contributed by atoms with Crippen LogP contribution in [0.5, 0.6) is 0 Å². The monoisotopic (exact) mass is 349 g/mol. The summed E-state index contributed by atoms with van der Waals surface area (Å²) >= 11 is 1.32. The van der Waals surface area contributed by atoms with Gasteiger partial charge in [0.1, 0.15) is 6.10 Å². The second kappa shape index (κ2) is 8.77. The number of hydrogen-bond acceptors (Lipinski definition) is 7. The van der Waals surface area contributed by atoms with Gasteiger partial charge in [-0.25, -0.2) is 9.78 Å². The largest absolute Gasteiger partial charge is 0.462 e. The molecule has 1 unspecified atom stereocenters. The summed E-state index contributed by atoms with van der Waals surface area (Å²) in [7, 11) is 0. The number of anilines is 1. The highest BCUT2D eigenvalue weighted by Gasteiger charge is 2.14. The van der Waals surface area contributed by atoms with Gasteiger partial charge < -0.3 is 20.9 Å². The Kier molecular flexibility index (Phi) is 6.72. The molecule has 0 aliphatic rings. The standard InChI is InChI=1S/C17H23N3O3S/c1-3-23-16(22)13-6-4-12(5-7-13)8-9-19-10-14(21)15-11(2)20-17(18)24-15/h4-7,14,19,21H,3,8-10H2,1-2H3,(H2,18,20). The molecule has 0 aliphatic heterocycles. The summed E-state index contributed by atoms with van der Waals surface area (Å²) in [6, 6.07) is 7.37. The van der Waals surface area contributed by atoms with Crippen molar-refractivity contribution in [1.82, 2.24) is 10.3 Å². The minimum Gasteiger partial charge on any atom is -0.462 e. The molecule has 0 radical (unpaired) electrons. The summed E-state index contributed by atoms with van der Waals surface area (Å²) < 4.78 is 4.95. The SMILES string of the molecule is CCOC(=O)c1ccc(CCNCC(O)c2sc(N)nc2C)cc1. The van der Waals surface area contributed by atoms with Crippen LogP contribution in [0.2, 0.25) is 0 Å². The minimum atomic E-state index is -0.606. The van der Waals surface area contributed by atoms with Crippen LogP contribution in [0.4, 0.5) is 5.13 Å². The van der Waals surface area contributed by atoms with E-state index in [-0.39, 0.29) is 5.97 Å². The number of nitrogens with zero attached hydrogens (tertiary/aromatic N) is 1. The van der Waals surface area contributed by atoms with E-state index in [4.69, 9.17) is 10.5 Å². The zero-order valence-corrected chi connectivity index (χ0v) is 14.7. The van der Waals surface area contributed by atoms with Crippen molar-refractivity contribution in [2.75, 3.05) is 25.4 Å². The van der Waals surface area contributed by atoms with Gasteiger partial charge in [0.2, 0.25) is 0 Å². The molecule has 24 heavy (non-hydrogen) atoms. The van der Waals surface area contributed by atoms with Gasteiger partial charge in [-0.1, -0.05) is 23.5 Å². The van der Waals surface area contributed by atoms with Crippen molar-refractivity contribution >= 4 is 22.4 Å². The minimum absolute atomic E-state index is 0.301. The molecule has 0 aliphatic carbocycles. The average molecular weight is 349 g/mol. The van der Waals surface area contributed by atoms with Crippen LogP contribution in [-0.4, -0.2) is 35.8 Å². The van der Waals surface area contributed by atoms with Gasteiger partial charge in [-0.05, 0) is 44.5 Å². The van der Waals surface area contributed by atoms with Crippen LogP contribution in [0.25, 0.3) is 0 Å². The van der Waals surface area contributed by atoms with Gasteiger partial charge in [-0.2, -0.15) is 0 Å². The first kappa shape index (κ1) is 18.4. The Morgan fingerprint density at radius 1 is 1.42 bits per heavy atom. The number of hydrogen-bond donors (Lipinski definition) is 3. The van der Waals surface area contributed by atoms with Gasteiger partial charge in [0.15, 0.2) is 5.13 Å². The van der Waals surface area contributed by atoms with E-state index >= 15 is 0 Å². The zero-order chi connectivity index (χ0) is 17.5. The third-order valence-electron chi connectivity index (χ3n) is 3.54. The molecule has 1 heterocycles. The van der Waals surface area contributed by atoms with Crippen LogP contribution >= 0.6 is 11.3 Å². The number of ether oxygens (including phenoxy) is 1. The van der Waals surface area contributed by atoms with E-state index in [1.54, 1.807) is 19.1 Å². The Labute approximate surface area is 145 Å². The molecule has 1 atom stereocenters. The maximum absolute atomic E-state index is 11.6. The molecule has 0 fully saturated rings. The Morgan fingerprint density at radius 3 is 2.71 bits per heavy atom. The lowest BCUT2D eigenvalue weighted by atomic mass is 10.1. The highest BCUT2D eigenvalue weighted by atomic mass is 32.1. The van der Waals surface area contributed by atoms with Gasteiger partial charge in [0.25, 0.3) is 0 Å². The first-order valence-electron chi connectivity index (χ1n) is 7.89. The van der Waals surface area contributed by atoms with Gasteiger partial charge in [-0.3, -0.25) is 0 Å². The fourth-order valence-electron chi connectivity index (χ4n) is 2.32. The van der Waals surface area contributed by atoms with Gasteiger partial charge in [0, 0.05) is 6.54 Å². The normalized spacial score (nSPS) is 12.1. The van der Waals surface area contributed by atoms with E-state index < -0.39 is 6.10 Å². The summed E-state index contributed by atoms with van der Waals surface area (Å²) in [5.41, 5.74) is 8.09. The first-order chi connectivity index (χ1) is 11.5. The number of nitrogens with two attached hydrogens (primary N) is 1. The molecule has 0 bridgehead atoms. The molecular formula is C17H23N3O3S. The molecule has 2 aromatic rings. The lowest BCUT2D eigenvalue weighted by Gasteiger charge is -2.11. The molecule has 0 amide bonds. The molecule has 0 spiro atoms. The molecule has 0 saturated heterocycles. The van der Waals surface area contributed by atoms with E-state index in [9.17, 15) is 9.90 Å². The number of carbonyl (C=O) groups excluding carboxylic acids is 1. The Bertz CT molecular complexity index is 670. The number of benzene rings is 1. The smallest absolute Gasteiger partial charge is 0.338 e. The van der Waals surface area contributed by atoms with Crippen LogP contribution in [0.15, 0.2) is 24.3 Å². The Hall–Kier alpha value is -1.96. The maximum Gasteiger partial charge on any atom is 0.338 e. The summed E-state index contributed by atoms with van der Waals surface area (Å²) in [6.45, 7) is 5.18. The van der Waals surface area contributed by atoms with Crippen molar-refractivity contribution in [2.24, 2.45) is 0 Å². The van der Waals surface area contributed by atoms with Crippen molar-refractivity contribution in [2.45, 2.75) is 26.4 Å². The molecule has 1 aromatic carbocycles. The van der Waals surface area contributed by atoms with Crippen molar-refractivity contribution in [3.8, 4) is 0 Å². The topological polar surface area (TPSA) is 97.5 Å². The van der Waals surface area contributed by atoms with E-state index in [0.717, 1.165) is 29.1 Å². The highest BCUT2D eigenvalue weighted by molar-refractivity contribution is 7.15. The lowest BCUT2D eigenvalue weighted by molar-refractivity contribution is 0.0526. The molecule has 4 N–H and O–H groups in total. The van der Waals surface area contributed by atoms with Crippen LogP contribution in [0, 0.1) is 6.92 Å². The number of carbonyl (C=O) groups is 1. The lowest BCUT2D eigenvalue weighted by Crippen LogP contribution is -2.23. The Morgan fingerprint density at radius 2 is 2.12 bits per heavy atom. The molecule has 1 aromatic heterocycles. The molecular weight excluding hydrogens is 326 g/mol. The number of aromatic nitrogens is 1. The predicted octanol–water partition coefficient (Wildman–Crippen LogP) is 2.08. The van der Waals surface area contributed by atoms with Crippen molar-refractivity contribution in [1.29, 1.82) is 0 Å². The number of nitrogen functional groups attached to an aromatic ring is 1. The van der Waals surface area contributed by atoms with Crippen LogP contribution in [-0.2, 0) is 11.2 Å². The number of rotatable bonds is 8. The van der Waals surface area contributed by atoms with Crippen LogP contribution in [0.1, 0.15) is 39.5 Å². The van der Waals surface area contributed by atoms with Crippen molar-refractivity contribution in [3.63, 3.8) is 0 Å². The van der Waals surface area contributed by atoms with Gasteiger partial charge >= 0.3 is 5.97 Å². The quantitative estimate of drug-likeness (QED) is 0.499. The van der Waals surface area contributed by atoms with E-state index in [2.05, 4.69) is 10.3 Å². The molecule has 0 saturated carbocycles. The average Bonchev–Trinajstić information content (AvgIpc) is 2.90. The molecule has 130 valence electrons. The first-order valence-corrected chi connectivity index (χ1v) is 8.70. The van der Waals surface area contributed by atoms with Crippen LogP contribution < -0.4 is 11.1 Å². The number of aliphatic hydroxyl groups is 1. The number of nitrogens with one attached hydrogen (secondary N) is 1. The third-order valence-corrected chi connectivity index (χ3v) is 4.63. The van der Waals surface area contributed by atoms with Crippen LogP contribution in [0.3, 0.4) is 0 Å². The van der Waals surface area contributed by atoms with Crippen molar-refractivity contribution in [3.05, 3.63) is 46.0 Å². The number of esters is 1. The second-order valence-electron chi connectivity index (χ2n) is 5.39. The third kappa shape index (κ3) is 5.02. The molecule has 7 heteroatoms. The summed E-state index contributed by atoms with van der Waals surface area (Å²) in [6.07, 6.45) is 0.200. The summed E-state index contributed by atoms with van der Waals surface area (Å²) in [5, 5.41) is 13.9. The zero-order valence-electron chi connectivity index (χ0n) is 13.9. The van der Waals surface area contributed by atoms with Crippen molar-refractivity contribution < 1.29 is 14.6 Å². The second-order valence-corrected chi connectivity index (χ2v) is 6.45. The fraction of sp³-hybridized carbons (Fsp3) is 0.412. The summed E-state index contributed by atoms with van der Waals surface area (Å²) in [4.78, 5) is 16.5. The van der Waals surface area contributed by atoms with E-state index in [1.807, 2.05) is 19.1 Å². The number of aryl methyl sites for hydroxylation is 1. The van der Waals surface area contributed by atoms with Gasteiger partial charge in [0.05, 0.1) is 22.7 Å². The highest BCUT2D eigenvalue weighted by Crippen LogP contribution is 2.25. The number of aliphatic hydroxyl groups excluding tert-OH is 1. The maximum atomic E-state index is 11.6. The predicted molar refractivity (Wildman–Crippen MR) is 95.2 cm³/mol. The Balaban J connectivity index is 1.76. The molecule has 6 nitrogen and oxygen atoms in total. The van der Waals surface area contributed by atoms with Gasteiger partial charge in [-0.15, -0.1) is 0 Å². The number of thiazole rings is 1. The van der Waals surface area contributed by atoms with E-state index in [1.165, 1.54) is 11.3 Å². The van der Waals surface area contributed by atoms with E-state index in [0.29, 0.717) is 23.8 Å².